The van der Waals surface area contributed by atoms with Gasteiger partial charge in [-0.05, 0) is 47.0 Å². The van der Waals surface area contributed by atoms with Crippen LogP contribution >= 0.6 is 0 Å². The van der Waals surface area contributed by atoms with Crippen LogP contribution in [-0.2, 0) is 61.6 Å². The Morgan fingerprint density at radius 2 is 0.775 bits per heavy atom. The number of carboxylic acid groups (broad SMARTS) is 1. The van der Waals surface area contributed by atoms with Gasteiger partial charge in [0.05, 0.1) is 56.3 Å². The number of aliphatic hydroxyl groups excluding tert-OH is 16. The van der Waals surface area contributed by atoms with Crippen LogP contribution in [0.4, 0.5) is 0 Å². The molecular weight excluding hydrogens is 1080 g/mol. The number of aliphatic hydroxyl groups is 16. The molecule has 6 aliphatic rings. The van der Waals surface area contributed by atoms with Gasteiger partial charge < -0.3 is 144 Å². The van der Waals surface area contributed by atoms with Gasteiger partial charge in [-0.1, -0.05) is 45.4 Å². The van der Waals surface area contributed by atoms with Crippen LogP contribution in [0.15, 0.2) is 0 Å². The maximum Gasteiger partial charge on any atom is 0.305 e. The summed E-state index contributed by atoms with van der Waals surface area (Å²) in [6, 6.07) is 0. The molecule has 0 unspecified atom stereocenters. The van der Waals surface area contributed by atoms with E-state index in [1.165, 1.54) is 27.7 Å². The third-order valence-electron chi connectivity index (χ3n) is 15.7. The summed E-state index contributed by atoms with van der Waals surface area (Å²) in [4.78, 5) is 10.9. The number of hydrogen-bond donors (Lipinski definition) is 17. The van der Waals surface area contributed by atoms with Crippen LogP contribution in [0.25, 0.3) is 0 Å². The van der Waals surface area contributed by atoms with Crippen LogP contribution in [0.1, 0.15) is 98.8 Å². The van der Waals surface area contributed by atoms with Crippen molar-refractivity contribution in [2.75, 3.05) is 13.2 Å². The summed E-state index contributed by atoms with van der Waals surface area (Å²) in [5.74, 6) is -1.08. The number of hydrogen-bond acceptors (Lipinski definition) is 29. The van der Waals surface area contributed by atoms with Gasteiger partial charge in [-0.2, -0.15) is 0 Å². The van der Waals surface area contributed by atoms with Crippen molar-refractivity contribution in [3.05, 3.63) is 0 Å². The van der Waals surface area contributed by atoms with Gasteiger partial charge in [0, 0.05) is 0 Å². The molecule has 0 bridgehead atoms. The maximum absolute atomic E-state index is 12.4. The van der Waals surface area contributed by atoms with Crippen molar-refractivity contribution in [1.82, 2.24) is 0 Å². The van der Waals surface area contributed by atoms with Gasteiger partial charge in [-0.3, -0.25) is 4.79 Å². The third-order valence-corrected chi connectivity index (χ3v) is 15.7. The monoisotopic (exact) mass is 1170 g/mol. The fraction of sp³-hybridized carbons (Fsp3) is 0.980. The van der Waals surface area contributed by atoms with E-state index in [0.717, 1.165) is 19.3 Å². The molecule has 6 aliphatic heterocycles. The molecule has 0 saturated carbocycles. The number of carboxylic acids is 1. The fourth-order valence-corrected chi connectivity index (χ4v) is 10.7. The molecule has 0 aromatic heterocycles. The van der Waals surface area contributed by atoms with E-state index < -0.39 is 216 Å². The topological polar surface area (TPSA) is 472 Å². The van der Waals surface area contributed by atoms with Crippen LogP contribution in [0, 0.1) is 0 Å². The summed E-state index contributed by atoms with van der Waals surface area (Å²) in [6.45, 7) is 5.62. The van der Waals surface area contributed by atoms with Crippen LogP contribution in [0.5, 0.6) is 0 Å². The standard InChI is InChI=1S/C50H88O30/c1-6-12-23(14-11-9-7-8-10-13-22(53)15-26(54)55)73-48-42(34(63)29(58)20(4)71-48)80-50-44(36(65)31(60)25(17-52)75-50)79-47-39(68)41(40(21(5)72-47)76-45-37(66)32(61)27(56)18(2)69-45)77-49-43(35(64)30(59)24(16-51)74-49)78-46-38(67)33(62)28(57)19(3)70-46/h18-25,27-53,56-68H,6-17H2,1-5H3,(H,54,55)/t18-,19-,20-,21+,22+,23+,24-,25-,27-,28-,29-,30-,31-,32+,33+,34+,35+,36+,37-,38-,39-,40+,41+,42-,43-,44-,45+,46+,47+,48+,49+,50+/m1/s1. The predicted molar refractivity (Wildman–Crippen MR) is 262 cm³/mol. The average Bonchev–Trinajstić information content (AvgIpc) is 3.41. The summed E-state index contributed by atoms with van der Waals surface area (Å²) in [6.07, 6.45) is -48.5. The molecule has 0 aromatic rings. The second-order valence-electron chi connectivity index (χ2n) is 21.8. The number of ether oxygens (including phenoxy) is 12. The predicted octanol–water partition coefficient (Wildman–Crippen LogP) is -6.23. The van der Waals surface area contributed by atoms with Crippen LogP contribution in [-0.4, -0.2) is 302 Å². The summed E-state index contributed by atoms with van der Waals surface area (Å²) >= 11 is 0. The molecule has 30 nitrogen and oxygen atoms in total. The highest BCUT2D eigenvalue weighted by Crippen LogP contribution is 2.39. The van der Waals surface area contributed by atoms with Gasteiger partial charge in [0.1, 0.15) is 122 Å². The van der Waals surface area contributed by atoms with Crippen molar-refractivity contribution >= 4 is 5.97 Å². The first-order chi connectivity index (χ1) is 37.8. The van der Waals surface area contributed by atoms with E-state index in [2.05, 4.69) is 0 Å². The minimum atomic E-state index is -2.21. The Balaban J connectivity index is 1.27. The highest BCUT2D eigenvalue weighted by Gasteiger charge is 2.58. The molecule has 6 saturated heterocycles. The number of unbranched alkanes of at least 4 members (excludes halogenated alkanes) is 4. The molecule has 6 fully saturated rings. The Morgan fingerprint density at radius 1 is 0.400 bits per heavy atom. The second kappa shape index (κ2) is 30.6. The van der Waals surface area contributed by atoms with E-state index >= 15 is 0 Å². The second-order valence-corrected chi connectivity index (χ2v) is 21.8. The fourth-order valence-electron chi connectivity index (χ4n) is 10.7. The summed E-state index contributed by atoms with van der Waals surface area (Å²) < 4.78 is 72.6. The Morgan fingerprint density at radius 3 is 1.25 bits per heavy atom. The first-order valence-electron chi connectivity index (χ1n) is 27.7. The van der Waals surface area contributed by atoms with Gasteiger partial charge >= 0.3 is 5.97 Å². The molecule has 32 atom stereocenters. The average molecular weight is 1170 g/mol. The molecule has 17 N–H and O–H groups in total. The van der Waals surface area contributed by atoms with E-state index in [0.29, 0.717) is 38.5 Å². The minimum absolute atomic E-state index is 0.330. The van der Waals surface area contributed by atoms with Crippen LogP contribution < -0.4 is 0 Å². The lowest BCUT2D eigenvalue weighted by Gasteiger charge is -2.51. The van der Waals surface area contributed by atoms with Crippen molar-refractivity contribution in [2.45, 2.75) is 295 Å². The van der Waals surface area contributed by atoms with Crippen molar-refractivity contribution in [3.63, 3.8) is 0 Å². The van der Waals surface area contributed by atoms with Gasteiger partial charge in [0.25, 0.3) is 0 Å². The zero-order chi connectivity index (χ0) is 59.0. The Labute approximate surface area is 462 Å². The molecule has 6 rings (SSSR count). The normalized spacial score (nSPS) is 47.4. The van der Waals surface area contributed by atoms with Gasteiger partial charge in [0.2, 0.25) is 0 Å². The minimum Gasteiger partial charge on any atom is -0.481 e. The van der Waals surface area contributed by atoms with Crippen LogP contribution in [0.3, 0.4) is 0 Å². The molecule has 0 aliphatic carbocycles. The molecule has 468 valence electrons. The third kappa shape index (κ3) is 16.2. The molecule has 0 spiro atoms. The van der Waals surface area contributed by atoms with E-state index in [-0.39, 0.29) is 6.42 Å². The van der Waals surface area contributed by atoms with Crippen molar-refractivity contribution in [1.29, 1.82) is 0 Å². The van der Waals surface area contributed by atoms with Gasteiger partial charge in [-0.15, -0.1) is 0 Å². The molecule has 0 amide bonds. The van der Waals surface area contributed by atoms with Gasteiger partial charge in [0.15, 0.2) is 37.7 Å². The lowest BCUT2D eigenvalue weighted by Crippen LogP contribution is -2.69. The molecule has 6 heterocycles. The van der Waals surface area contributed by atoms with E-state index in [9.17, 15) is 86.5 Å². The Bertz CT molecular complexity index is 1830. The molecule has 30 heteroatoms. The van der Waals surface area contributed by atoms with Crippen LogP contribution in [0.2, 0.25) is 0 Å². The maximum atomic E-state index is 12.4. The summed E-state index contributed by atoms with van der Waals surface area (Å²) in [5.41, 5.74) is 0. The largest absolute Gasteiger partial charge is 0.481 e. The number of aliphatic carboxylic acids is 1. The summed E-state index contributed by atoms with van der Waals surface area (Å²) in [7, 11) is 0. The smallest absolute Gasteiger partial charge is 0.305 e. The van der Waals surface area contributed by atoms with Crippen molar-refractivity contribution < 1.29 is 148 Å². The lowest BCUT2D eigenvalue weighted by atomic mass is 9.95. The van der Waals surface area contributed by atoms with E-state index in [1.54, 1.807) is 0 Å². The summed E-state index contributed by atoms with van der Waals surface area (Å²) in [5, 5.41) is 184. The SMILES string of the molecule is CCC[C@@H](CCCCCCC[C@H](O)CC(=O)O)O[C@@H]1O[C@H](C)[C@@H](O)[C@H](O)[C@H]1O[C@@H]1O[C@H](CO)[C@@H](O)[C@H](O)[C@H]1O[C@@H]1O[C@@H](C)[C@H](O[C@@H]2O[C@H](C)[C@@H](O)[C@H](O)[C@H]2O)[C@@H](O[C@@H]2O[C@H](CO)[C@@H](O)[C@H](O)[C@H]2O[C@@H]2O[C@H](C)[C@@H](O)[C@H](O)[C@H]2O)[C@H]1O. The number of carbonyl (C=O) groups is 1. The zero-order valence-electron chi connectivity index (χ0n) is 45.4. The molecule has 0 radical (unpaired) electrons. The Hall–Kier alpha value is -1.65. The molecule has 80 heavy (non-hydrogen) atoms. The zero-order valence-corrected chi connectivity index (χ0v) is 45.4. The van der Waals surface area contributed by atoms with Gasteiger partial charge in [-0.25, -0.2) is 0 Å². The first kappa shape index (κ1) is 67.5. The van der Waals surface area contributed by atoms with Crippen molar-refractivity contribution in [3.8, 4) is 0 Å². The lowest BCUT2D eigenvalue weighted by molar-refractivity contribution is -0.414. The molecule has 0 aromatic carbocycles. The molecular formula is C50H88O30. The van der Waals surface area contributed by atoms with E-state index in [1.807, 2.05) is 6.92 Å². The van der Waals surface area contributed by atoms with E-state index in [4.69, 9.17) is 61.9 Å². The highest BCUT2D eigenvalue weighted by atomic mass is 16.8. The first-order valence-corrected chi connectivity index (χ1v) is 27.7. The van der Waals surface area contributed by atoms with Crippen molar-refractivity contribution in [2.24, 2.45) is 0 Å². The Kier molecular flexibility index (Phi) is 25.8. The number of rotatable bonds is 26. The quantitative estimate of drug-likeness (QED) is 0.0358. The highest BCUT2D eigenvalue weighted by molar-refractivity contribution is 5.67.